The molecule has 0 N–H and O–H groups in total. The normalized spacial score (nSPS) is 21.2. The molecule has 6 heterocycles. The van der Waals surface area contributed by atoms with Gasteiger partial charge in [0.1, 0.15) is 74.8 Å². The van der Waals surface area contributed by atoms with Crippen molar-refractivity contribution in [3.63, 3.8) is 0 Å². The minimum Gasteiger partial charge on any atom is -0.426 e. The minimum atomic E-state index is -0.229. The molecular formula is C107H142O8S6+6. The number of hydrogen-bond acceptors (Lipinski definition) is 8. The molecule has 6 aliphatic heterocycles. The van der Waals surface area contributed by atoms with Gasteiger partial charge in [0.2, 0.25) is 34.7 Å². The molecule has 0 aromatic heterocycles. The van der Waals surface area contributed by atoms with Crippen LogP contribution in [0.4, 0.5) is 0 Å². The number of carbonyl (C=O) groups excluding carboxylic acids is 7. The molecule has 14 heteroatoms. The van der Waals surface area contributed by atoms with Crippen LogP contribution in [0.3, 0.4) is 0 Å². The molecular weight excluding hydrogens is 1610 g/mol. The third-order valence-electron chi connectivity index (χ3n) is 26.3. The lowest BCUT2D eigenvalue weighted by Gasteiger charge is -2.55. The van der Waals surface area contributed by atoms with Gasteiger partial charge in [-0.2, -0.15) is 0 Å². The number of benzene rings is 7. The molecule has 7 aromatic carbocycles. The summed E-state index contributed by atoms with van der Waals surface area (Å²) in [5, 5.41) is 0. The fourth-order valence-electron chi connectivity index (χ4n) is 19.6. The zero-order valence-corrected chi connectivity index (χ0v) is 79.1. The number of ether oxygens (including phenoxy) is 1. The van der Waals surface area contributed by atoms with Crippen LogP contribution in [0.1, 0.15) is 292 Å². The number of Topliss-reactive ketones (excluding diaryl/α,β-unsaturated/α-hetero) is 6. The van der Waals surface area contributed by atoms with Gasteiger partial charge in [-0.25, -0.2) is 0 Å². The summed E-state index contributed by atoms with van der Waals surface area (Å²) in [6.07, 6.45) is 34.3. The van der Waals surface area contributed by atoms with Gasteiger partial charge in [-0.05, 0) is 306 Å². The Labute approximate surface area is 745 Å². The summed E-state index contributed by atoms with van der Waals surface area (Å²) in [7, 11) is 2.15. The Kier molecular flexibility index (Phi) is 37.5. The lowest BCUT2D eigenvalue weighted by Crippen LogP contribution is -2.51. The average molecular weight is 1750 g/mol. The summed E-state index contributed by atoms with van der Waals surface area (Å²) in [4.78, 5) is 86.5. The van der Waals surface area contributed by atoms with Gasteiger partial charge in [0.25, 0.3) is 0 Å². The van der Waals surface area contributed by atoms with E-state index in [1.54, 1.807) is 0 Å². The average Bonchev–Trinajstić information content (AvgIpc) is 0.955. The van der Waals surface area contributed by atoms with Gasteiger partial charge in [-0.1, -0.05) is 219 Å². The molecule has 0 radical (unpaired) electrons. The lowest BCUT2D eigenvalue weighted by atomic mass is 9.49. The third kappa shape index (κ3) is 29.9. The number of ketones is 6. The van der Waals surface area contributed by atoms with Crippen LogP contribution < -0.4 is 4.74 Å². The number of esters is 1. The second-order valence-corrected chi connectivity index (χ2v) is 51.7. The van der Waals surface area contributed by atoms with E-state index in [0.717, 1.165) is 118 Å². The van der Waals surface area contributed by atoms with Crippen LogP contribution in [0.25, 0.3) is 11.1 Å². The first kappa shape index (κ1) is 94.3. The Morgan fingerprint density at radius 2 is 0.669 bits per heavy atom. The van der Waals surface area contributed by atoms with E-state index in [0.29, 0.717) is 101 Å². The van der Waals surface area contributed by atoms with Crippen molar-refractivity contribution >= 4 is 106 Å². The van der Waals surface area contributed by atoms with E-state index >= 15 is 0 Å². The van der Waals surface area contributed by atoms with Crippen molar-refractivity contribution < 1.29 is 38.3 Å². The predicted octanol–water partition coefficient (Wildman–Crippen LogP) is 23.4. The van der Waals surface area contributed by atoms with Crippen LogP contribution in [0.5, 0.6) is 5.75 Å². The number of hydrogen-bond donors (Lipinski definition) is 0. The van der Waals surface area contributed by atoms with E-state index in [1.807, 2.05) is 91.0 Å². The highest BCUT2D eigenvalue weighted by Crippen LogP contribution is 2.60. The van der Waals surface area contributed by atoms with Gasteiger partial charge in [0, 0.05) is 33.4 Å². The van der Waals surface area contributed by atoms with E-state index in [2.05, 4.69) is 126 Å². The quantitative estimate of drug-likeness (QED) is 0.0215. The van der Waals surface area contributed by atoms with Crippen LogP contribution >= 0.6 is 0 Å². The van der Waals surface area contributed by atoms with E-state index in [-0.39, 0.29) is 33.5 Å². The Balaban J connectivity index is 0.000000134. The molecule has 18 rings (SSSR count). The SMILES string of the molecule is CC(C)(C)c1ccc(C(=O)C[S+]2CCCC2)cc1.CC(C)Cc1ccc(C(=O)C[S+]2CCCC2)cc1.CCCCc1ccc(C(=O)C[S+]2CCCC2)cc1.O=C(C[S+]1CCCC1)c1ccc(-c2ccccc2)cc1.O=C(C[S+]1CCCC1)c1ccc(C2CCCCC2)cc1.O=C(C[S+]1CCCC1)c1ccc(OC(=O)C23CC4CC(CC(C4)C2)C3)cc1. The molecule has 7 aromatic rings. The Bertz CT molecular complexity index is 4320. The maximum absolute atomic E-state index is 13.0. The summed E-state index contributed by atoms with van der Waals surface area (Å²) in [5.41, 5.74) is 13.0. The predicted molar refractivity (Wildman–Crippen MR) is 525 cm³/mol. The molecule has 4 bridgehead atoms. The Hall–Kier alpha value is -5.87. The molecule has 5 aliphatic carbocycles. The highest BCUT2D eigenvalue weighted by atomic mass is 32.2. The number of unbranched alkanes of at least 4 members (excludes halogenated alkanes) is 1. The monoisotopic (exact) mass is 1750 g/mol. The van der Waals surface area contributed by atoms with E-state index < -0.39 is 0 Å². The number of aryl methyl sites for hydroxylation is 1. The van der Waals surface area contributed by atoms with Gasteiger partial charge in [-0.3, -0.25) is 33.6 Å². The Morgan fingerprint density at radius 1 is 0.364 bits per heavy atom. The molecule has 8 nitrogen and oxygen atoms in total. The third-order valence-corrected chi connectivity index (χ3v) is 40.7. The van der Waals surface area contributed by atoms with Crippen molar-refractivity contribution in [1.29, 1.82) is 0 Å². The van der Waals surface area contributed by atoms with E-state index in [9.17, 15) is 33.6 Å². The molecule has 11 aliphatic rings. The molecule has 648 valence electrons. The molecule has 6 saturated heterocycles. The van der Waals surface area contributed by atoms with Crippen molar-refractivity contribution in [2.24, 2.45) is 29.1 Å². The van der Waals surface area contributed by atoms with Crippen LogP contribution in [-0.4, -0.2) is 144 Å². The summed E-state index contributed by atoms with van der Waals surface area (Å²) in [6, 6.07) is 59.0. The van der Waals surface area contributed by atoms with Crippen LogP contribution in [0, 0.1) is 29.1 Å². The second-order valence-electron chi connectivity index (χ2n) is 37.7. The summed E-state index contributed by atoms with van der Waals surface area (Å²) < 4.78 is 5.82. The highest BCUT2D eigenvalue weighted by molar-refractivity contribution is 7.99. The zero-order chi connectivity index (χ0) is 84.9. The van der Waals surface area contributed by atoms with E-state index in [1.165, 1.54) is 244 Å². The van der Waals surface area contributed by atoms with Crippen molar-refractivity contribution in [3.8, 4) is 16.9 Å². The molecule has 11 fully saturated rings. The largest absolute Gasteiger partial charge is 0.426 e. The van der Waals surface area contributed by atoms with Gasteiger partial charge in [-0.15, -0.1) is 0 Å². The van der Waals surface area contributed by atoms with Gasteiger partial charge >= 0.3 is 5.97 Å². The molecule has 0 unspecified atom stereocenters. The van der Waals surface area contributed by atoms with Crippen molar-refractivity contribution in [3.05, 3.63) is 232 Å². The van der Waals surface area contributed by atoms with Crippen LogP contribution in [0.2, 0.25) is 0 Å². The molecule has 0 amide bonds. The fourth-order valence-corrected chi connectivity index (χ4v) is 33.1. The summed E-state index contributed by atoms with van der Waals surface area (Å²) in [6.45, 7) is 13.2. The summed E-state index contributed by atoms with van der Waals surface area (Å²) in [5.74, 6) is 25.9. The molecule has 121 heavy (non-hydrogen) atoms. The van der Waals surface area contributed by atoms with Crippen LogP contribution in [-0.2, 0) is 88.4 Å². The Morgan fingerprint density at radius 3 is 1.00 bits per heavy atom. The first-order valence-corrected chi connectivity index (χ1v) is 57.0. The van der Waals surface area contributed by atoms with E-state index in [4.69, 9.17) is 4.74 Å². The second kappa shape index (κ2) is 48.2. The van der Waals surface area contributed by atoms with Crippen molar-refractivity contribution in [2.45, 2.75) is 226 Å². The van der Waals surface area contributed by atoms with Gasteiger partial charge < -0.3 is 4.74 Å². The fraction of sp³-hybridized carbons (Fsp3) is 0.542. The molecule has 0 atom stereocenters. The lowest BCUT2D eigenvalue weighted by molar-refractivity contribution is -0.161. The minimum absolute atomic E-state index is 0.0203. The van der Waals surface area contributed by atoms with Crippen molar-refractivity contribution in [1.82, 2.24) is 0 Å². The smallest absolute Gasteiger partial charge is 0.317 e. The van der Waals surface area contributed by atoms with Gasteiger partial charge in [0.05, 0.1) is 5.41 Å². The number of rotatable bonds is 27. The maximum atomic E-state index is 13.0. The maximum Gasteiger partial charge on any atom is 0.317 e. The molecule has 0 spiro atoms. The zero-order valence-electron chi connectivity index (χ0n) is 74.2. The first-order chi connectivity index (χ1) is 58.7. The summed E-state index contributed by atoms with van der Waals surface area (Å²) >= 11 is 0. The standard InChI is InChI=1S/C23H29O3S.C18H25OS.C18H19OS.3C16H23OS/c24-21(15-27-7-1-2-8-27)19-3-5-20(6-4-19)26-22(25)23-12-16-9-17(13-23)11-18(10-16)14-23;2*19-18(14-20-12-4-5-13-20)17-10-8-16(9-11-17)15-6-2-1-3-7-15;1-16(2,3)14-8-6-13(7-9-14)15(17)12-18-10-4-5-11-18;1-13(2)11-14-5-7-15(8-6-14)16(17)12-18-9-3-4-10-18;1-2-3-6-14-7-9-15(10-8-14)16(17)13-18-11-4-5-12-18/h3-6,16-18H,1-2,7-15H2;8-11,15H,1-7,12-14H2;1-3,6-11H,4-5,12-14H2;6-9H,4-5,10-12H2,1-3H3;5-8,13H,3-4,9-12H2,1-2H3;7-10H,2-6,11-13H2,1H3/q6*+1. The van der Waals surface area contributed by atoms with Gasteiger partial charge in [0.15, 0.2) is 34.5 Å². The van der Waals surface area contributed by atoms with Crippen molar-refractivity contribution in [2.75, 3.05) is 104 Å². The first-order valence-electron chi connectivity index (χ1n) is 46.6. The van der Waals surface area contributed by atoms with Crippen LogP contribution in [0.15, 0.2) is 176 Å². The number of carbonyl (C=O) groups is 7. The topological polar surface area (TPSA) is 129 Å². The molecule has 5 saturated carbocycles. The highest BCUT2D eigenvalue weighted by Gasteiger charge is 2.56.